The summed E-state index contributed by atoms with van der Waals surface area (Å²) in [6, 6.07) is 0.718. The van der Waals surface area contributed by atoms with Crippen molar-refractivity contribution in [1.29, 1.82) is 0 Å². The van der Waals surface area contributed by atoms with Gasteiger partial charge in [0.1, 0.15) is 0 Å². The molecule has 0 spiro atoms. The van der Waals surface area contributed by atoms with Crippen molar-refractivity contribution in [3.63, 3.8) is 0 Å². The maximum absolute atomic E-state index is 11.8. The molecule has 2 saturated heterocycles. The molecule has 0 aromatic carbocycles. The van der Waals surface area contributed by atoms with Crippen LogP contribution in [0.3, 0.4) is 0 Å². The third-order valence-electron chi connectivity index (χ3n) is 5.08. The Balaban J connectivity index is 0.00000338. The predicted octanol–water partition coefficient (Wildman–Crippen LogP) is 1.46. The third kappa shape index (κ3) is 7.47. The van der Waals surface area contributed by atoms with Gasteiger partial charge in [0.05, 0.1) is 12.3 Å². The summed E-state index contributed by atoms with van der Waals surface area (Å²) in [6.07, 6.45) is 5.92. The number of aliphatic imine (C=N–C) groups is 1. The first-order valence-corrected chi connectivity index (χ1v) is 11.4. The molecule has 154 valence electrons. The molecule has 0 aromatic heterocycles. The molecule has 0 saturated carbocycles. The number of hydrogen-bond donors (Lipinski definition) is 2. The molecular formula is C17H36IN5O2S. The van der Waals surface area contributed by atoms with Gasteiger partial charge in [-0.3, -0.25) is 9.89 Å². The largest absolute Gasteiger partial charge is 0.357 e. The molecule has 2 fully saturated rings. The summed E-state index contributed by atoms with van der Waals surface area (Å²) in [5, 5.41) is 6.63. The maximum Gasteiger partial charge on any atom is 0.214 e. The number of hydrogen-bond acceptors (Lipinski definition) is 4. The highest BCUT2D eigenvalue weighted by atomic mass is 127. The second-order valence-corrected chi connectivity index (χ2v) is 8.94. The highest BCUT2D eigenvalue weighted by Crippen LogP contribution is 2.18. The molecule has 9 heteroatoms. The van der Waals surface area contributed by atoms with E-state index in [0.717, 1.165) is 38.1 Å². The molecule has 0 bridgehead atoms. The van der Waals surface area contributed by atoms with Crippen molar-refractivity contribution in [2.45, 2.75) is 52.0 Å². The van der Waals surface area contributed by atoms with Crippen molar-refractivity contribution >= 4 is 40.0 Å². The standard InChI is InChI=1S/C17H35N5O2S.HI/c1-3-16-8-5-6-11-21(16)13-9-19-17(18-4-2)20-10-14-22-12-7-15-25(22,23)24;/h16H,3-15H2,1-2H3,(H2,18,19,20);1H. The highest BCUT2D eigenvalue weighted by molar-refractivity contribution is 14.0. The number of nitrogens with one attached hydrogen (secondary N) is 2. The smallest absolute Gasteiger partial charge is 0.214 e. The van der Waals surface area contributed by atoms with Crippen LogP contribution >= 0.6 is 24.0 Å². The van der Waals surface area contributed by atoms with Crippen molar-refractivity contribution in [3.8, 4) is 0 Å². The molecule has 2 heterocycles. The predicted molar refractivity (Wildman–Crippen MR) is 119 cm³/mol. The highest BCUT2D eigenvalue weighted by Gasteiger charge is 2.27. The zero-order valence-electron chi connectivity index (χ0n) is 16.2. The van der Waals surface area contributed by atoms with E-state index in [1.165, 1.54) is 32.2 Å². The number of rotatable bonds is 8. The van der Waals surface area contributed by atoms with E-state index >= 15 is 0 Å². The Kier molecular flexibility index (Phi) is 11.4. The fourth-order valence-electron chi connectivity index (χ4n) is 3.69. The normalized spacial score (nSPS) is 24.2. The third-order valence-corrected chi connectivity index (χ3v) is 7.04. The summed E-state index contributed by atoms with van der Waals surface area (Å²) in [6.45, 7) is 9.81. The van der Waals surface area contributed by atoms with Crippen LogP contribution in [-0.4, -0.2) is 81.2 Å². The molecule has 1 atom stereocenters. The summed E-state index contributed by atoms with van der Waals surface area (Å²) in [7, 11) is -3.02. The minimum absolute atomic E-state index is 0. The average molecular weight is 501 g/mol. The number of piperidine rings is 1. The fraction of sp³-hybridized carbons (Fsp3) is 0.941. The van der Waals surface area contributed by atoms with Crippen LogP contribution in [0.25, 0.3) is 0 Å². The number of sulfonamides is 1. The number of halogens is 1. The lowest BCUT2D eigenvalue weighted by Crippen LogP contribution is -2.46. The van der Waals surface area contributed by atoms with E-state index in [9.17, 15) is 8.42 Å². The van der Waals surface area contributed by atoms with Gasteiger partial charge < -0.3 is 10.6 Å². The van der Waals surface area contributed by atoms with Gasteiger partial charge in [0.2, 0.25) is 10.0 Å². The summed E-state index contributed by atoms with van der Waals surface area (Å²) in [5.41, 5.74) is 0. The van der Waals surface area contributed by atoms with Gasteiger partial charge in [-0.25, -0.2) is 12.7 Å². The first-order chi connectivity index (χ1) is 12.1. The first-order valence-electron chi connectivity index (χ1n) is 9.81. The van der Waals surface area contributed by atoms with E-state index in [4.69, 9.17) is 0 Å². The Bertz CT molecular complexity index is 529. The summed E-state index contributed by atoms with van der Waals surface area (Å²) in [4.78, 5) is 7.11. The van der Waals surface area contributed by atoms with Crippen molar-refractivity contribution in [2.75, 3.05) is 51.6 Å². The Morgan fingerprint density at radius 3 is 2.58 bits per heavy atom. The van der Waals surface area contributed by atoms with Gasteiger partial charge in [0.25, 0.3) is 0 Å². The molecule has 0 aromatic rings. The van der Waals surface area contributed by atoms with Crippen LogP contribution in [-0.2, 0) is 10.0 Å². The molecule has 26 heavy (non-hydrogen) atoms. The van der Waals surface area contributed by atoms with Gasteiger partial charge in [-0.05, 0) is 39.2 Å². The van der Waals surface area contributed by atoms with Crippen LogP contribution in [0.2, 0.25) is 0 Å². The summed E-state index contributed by atoms with van der Waals surface area (Å²) >= 11 is 0. The average Bonchev–Trinajstić information content (AvgIpc) is 2.94. The molecule has 1 unspecified atom stereocenters. The summed E-state index contributed by atoms with van der Waals surface area (Å²) in [5.74, 6) is 1.06. The van der Waals surface area contributed by atoms with Gasteiger partial charge in [0.15, 0.2) is 5.96 Å². The lowest BCUT2D eigenvalue weighted by Gasteiger charge is -2.35. The fourth-order valence-corrected chi connectivity index (χ4v) is 5.21. The molecule has 0 amide bonds. The van der Waals surface area contributed by atoms with E-state index < -0.39 is 10.0 Å². The van der Waals surface area contributed by atoms with E-state index in [1.54, 1.807) is 4.31 Å². The maximum atomic E-state index is 11.8. The SMILES string of the molecule is CCNC(=NCCN1CCCS1(=O)=O)NCCN1CCCCC1CC.I. The monoisotopic (exact) mass is 501 g/mol. The Labute approximate surface area is 176 Å². The second-order valence-electron chi connectivity index (χ2n) is 6.85. The molecule has 0 radical (unpaired) electrons. The second kappa shape index (κ2) is 12.4. The molecule has 2 N–H and O–H groups in total. The van der Waals surface area contributed by atoms with Gasteiger partial charge in [-0.15, -0.1) is 24.0 Å². The quantitative estimate of drug-likeness (QED) is 0.299. The van der Waals surface area contributed by atoms with E-state index in [0.29, 0.717) is 19.6 Å². The first kappa shape index (κ1) is 23.9. The Morgan fingerprint density at radius 2 is 1.92 bits per heavy atom. The van der Waals surface area contributed by atoms with Crippen LogP contribution < -0.4 is 10.6 Å². The van der Waals surface area contributed by atoms with E-state index in [-0.39, 0.29) is 29.7 Å². The minimum atomic E-state index is -3.02. The molecular weight excluding hydrogens is 465 g/mol. The van der Waals surface area contributed by atoms with Crippen molar-refractivity contribution in [2.24, 2.45) is 4.99 Å². The lowest BCUT2D eigenvalue weighted by atomic mass is 10.0. The molecule has 2 rings (SSSR count). The molecule has 7 nitrogen and oxygen atoms in total. The number of guanidine groups is 1. The van der Waals surface area contributed by atoms with Gasteiger partial charge in [0, 0.05) is 38.8 Å². The Hall–Kier alpha value is -0.130. The zero-order valence-corrected chi connectivity index (χ0v) is 19.4. The minimum Gasteiger partial charge on any atom is -0.357 e. The number of likely N-dealkylation sites (tertiary alicyclic amines) is 1. The van der Waals surface area contributed by atoms with E-state index in [1.807, 2.05) is 6.92 Å². The van der Waals surface area contributed by atoms with Crippen molar-refractivity contribution in [3.05, 3.63) is 0 Å². The van der Waals surface area contributed by atoms with E-state index in [2.05, 4.69) is 27.4 Å². The van der Waals surface area contributed by atoms with Crippen LogP contribution in [0.1, 0.15) is 46.0 Å². The van der Waals surface area contributed by atoms with Crippen LogP contribution in [0.5, 0.6) is 0 Å². The van der Waals surface area contributed by atoms with Crippen molar-refractivity contribution in [1.82, 2.24) is 19.8 Å². The van der Waals surface area contributed by atoms with Crippen LogP contribution in [0.15, 0.2) is 4.99 Å². The van der Waals surface area contributed by atoms with Crippen LogP contribution in [0.4, 0.5) is 0 Å². The topological polar surface area (TPSA) is 77.0 Å². The lowest BCUT2D eigenvalue weighted by molar-refractivity contribution is 0.147. The summed E-state index contributed by atoms with van der Waals surface area (Å²) < 4.78 is 25.2. The van der Waals surface area contributed by atoms with Crippen molar-refractivity contribution < 1.29 is 8.42 Å². The Morgan fingerprint density at radius 1 is 1.12 bits per heavy atom. The zero-order chi connectivity index (χ0) is 18.1. The van der Waals surface area contributed by atoms with Gasteiger partial charge in [-0.1, -0.05) is 13.3 Å². The molecule has 2 aliphatic heterocycles. The van der Waals surface area contributed by atoms with Gasteiger partial charge in [-0.2, -0.15) is 0 Å². The van der Waals surface area contributed by atoms with Gasteiger partial charge >= 0.3 is 0 Å². The molecule has 0 aliphatic carbocycles. The molecule has 2 aliphatic rings. The number of nitrogens with zero attached hydrogens (tertiary/aromatic N) is 3. The van der Waals surface area contributed by atoms with Crippen LogP contribution in [0, 0.1) is 0 Å².